The van der Waals surface area contributed by atoms with Crippen LogP contribution in [0.4, 0.5) is 30.4 Å². The van der Waals surface area contributed by atoms with Gasteiger partial charge in [0.15, 0.2) is 29.0 Å². The molecule has 0 saturated heterocycles. The minimum atomic E-state index is -1.58. The van der Waals surface area contributed by atoms with E-state index in [2.05, 4.69) is 15.0 Å². The normalized spacial score (nSPS) is 10.3. The molecule has 21 heavy (non-hydrogen) atoms. The molecule has 110 valence electrons. The largest absolute Gasteiger partial charge is 0.464 e. The summed E-state index contributed by atoms with van der Waals surface area (Å²) in [4.78, 5) is 15.2. The Morgan fingerprint density at radius 2 is 1.86 bits per heavy atom. The topological polar surface area (TPSA) is 77.2 Å². The number of pyridine rings is 1. The minimum Gasteiger partial charge on any atom is -0.464 e. The summed E-state index contributed by atoms with van der Waals surface area (Å²) in [6, 6.07) is 4.19. The third kappa shape index (κ3) is 3.04. The second kappa shape index (κ2) is 5.70. The third-order valence-electron chi connectivity index (χ3n) is 2.57. The van der Waals surface area contributed by atoms with Crippen molar-refractivity contribution in [1.29, 1.82) is 0 Å². The maximum atomic E-state index is 13.1. The van der Waals surface area contributed by atoms with Gasteiger partial charge >= 0.3 is 5.97 Å². The Kier molecular flexibility index (Phi) is 3.97. The number of nitrogens with zero attached hydrogens (tertiary/aromatic N) is 1. The quantitative estimate of drug-likeness (QED) is 0.672. The summed E-state index contributed by atoms with van der Waals surface area (Å²) < 4.78 is 43.6. The Balaban J connectivity index is 2.37. The van der Waals surface area contributed by atoms with Gasteiger partial charge in [0.05, 0.1) is 12.8 Å². The van der Waals surface area contributed by atoms with E-state index >= 15 is 0 Å². The maximum Gasteiger partial charge on any atom is 0.356 e. The van der Waals surface area contributed by atoms with Gasteiger partial charge in [-0.15, -0.1) is 0 Å². The number of carbonyl (C=O) groups is 1. The molecule has 2 rings (SSSR count). The second-order valence-corrected chi connectivity index (χ2v) is 4.00. The predicted octanol–water partition coefficient (Wildman–Crippen LogP) is 2.61. The number of anilines is 3. The second-order valence-electron chi connectivity index (χ2n) is 4.00. The number of benzene rings is 1. The molecule has 0 aliphatic carbocycles. The van der Waals surface area contributed by atoms with E-state index in [4.69, 9.17) is 5.73 Å². The first-order valence-electron chi connectivity index (χ1n) is 5.68. The molecule has 0 saturated carbocycles. The fourth-order valence-electron chi connectivity index (χ4n) is 1.55. The fourth-order valence-corrected chi connectivity index (χ4v) is 1.55. The maximum absolute atomic E-state index is 13.1. The number of hydrogen-bond donors (Lipinski definition) is 2. The van der Waals surface area contributed by atoms with Crippen LogP contribution in [0.15, 0.2) is 24.3 Å². The molecular weight excluding hydrogens is 287 g/mol. The van der Waals surface area contributed by atoms with Gasteiger partial charge in [-0.3, -0.25) is 0 Å². The van der Waals surface area contributed by atoms with Crippen LogP contribution in [-0.4, -0.2) is 18.1 Å². The molecule has 0 radical (unpaired) electrons. The van der Waals surface area contributed by atoms with Crippen molar-refractivity contribution < 1.29 is 22.7 Å². The van der Waals surface area contributed by atoms with Gasteiger partial charge in [-0.2, -0.15) is 0 Å². The highest BCUT2D eigenvalue weighted by atomic mass is 19.2. The molecule has 2 aromatic rings. The molecule has 0 bridgehead atoms. The zero-order valence-electron chi connectivity index (χ0n) is 10.8. The summed E-state index contributed by atoms with van der Waals surface area (Å²) in [5.41, 5.74) is 5.63. The monoisotopic (exact) mass is 297 g/mol. The SMILES string of the molecule is COC(=O)c1ccc(N)c(Nc2cc(F)c(F)c(F)c2)n1. The van der Waals surface area contributed by atoms with Crippen molar-refractivity contribution in [3.05, 3.63) is 47.4 Å². The highest BCUT2D eigenvalue weighted by molar-refractivity contribution is 5.88. The highest BCUT2D eigenvalue weighted by Gasteiger charge is 2.14. The number of ether oxygens (including phenoxy) is 1. The first-order chi connectivity index (χ1) is 9.92. The molecule has 1 heterocycles. The molecule has 0 aliphatic rings. The van der Waals surface area contributed by atoms with Gasteiger partial charge in [-0.25, -0.2) is 22.9 Å². The van der Waals surface area contributed by atoms with Crippen molar-refractivity contribution in [1.82, 2.24) is 4.98 Å². The Hall–Kier alpha value is -2.77. The summed E-state index contributed by atoms with van der Waals surface area (Å²) in [6.07, 6.45) is 0. The number of carbonyl (C=O) groups excluding carboxylic acids is 1. The summed E-state index contributed by atoms with van der Waals surface area (Å²) in [7, 11) is 1.18. The highest BCUT2D eigenvalue weighted by Crippen LogP contribution is 2.24. The van der Waals surface area contributed by atoms with Crippen molar-refractivity contribution in [3.8, 4) is 0 Å². The van der Waals surface area contributed by atoms with E-state index in [1.54, 1.807) is 0 Å². The van der Waals surface area contributed by atoms with Crippen molar-refractivity contribution in [3.63, 3.8) is 0 Å². The molecule has 3 N–H and O–H groups in total. The van der Waals surface area contributed by atoms with Gasteiger partial charge in [-0.1, -0.05) is 0 Å². The van der Waals surface area contributed by atoms with Crippen LogP contribution >= 0.6 is 0 Å². The molecule has 0 atom stereocenters. The summed E-state index contributed by atoms with van der Waals surface area (Å²) in [6.45, 7) is 0. The minimum absolute atomic E-state index is 0.0108. The molecule has 0 fully saturated rings. The van der Waals surface area contributed by atoms with Crippen LogP contribution in [0, 0.1) is 17.5 Å². The first kappa shape index (κ1) is 14.6. The number of nitrogens with one attached hydrogen (secondary N) is 1. The molecule has 0 unspecified atom stereocenters. The van der Waals surface area contributed by atoms with Gasteiger partial charge in [-0.05, 0) is 12.1 Å². The number of hydrogen-bond acceptors (Lipinski definition) is 5. The van der Waals surface area contributed by atoms with Crippen molar-refractivity contribution in [2.45, 2.75) is 0 Å². The van der Waals surface area contributed by atoms with Crippen LogP contribution < -0.4 is 11.1 Å². The number of methoxy groups -OCH3 is 1. The molecule has 1 aromatic heterocycles. The molecule has 5 nitrogen and oxygen atoms in total. The van der Waals surface area contributed by atoms with E-state index in [0.29, 0.717) is 0 Å². The molecular formula is C13H10F3N3O2. The Morgan fingerprint density at radius 1 is 1.24 bits per heavy atom. The molecule has 0 aliphatic heterocycles. The Labute approximate surface area is 117 Å². The molecule has 1 aromatic carbocycles. The zero-order valence-corrected chi connectivity index (χ0v) is 10.8. The number of rotatable bonds is 3. The predicted molar refractivity (Wildman–Crippen MR) is 69.6 cm³/mol. The lowest BCUT2D eigenvalue weighted by molar-refractivity contribution is 0.0594. The van der Waals surface area contributed by atoms with Gasteiger partial charge in [0.1, 0.15) is 0 Å². The average Bonchev–Trinajstić information content (AvgIpc) is 2.46. The third-order valence-corrected chi connectivity index (χ3v) is 2.57. The lowest BCUT2D eigenvalue weighted by Gasteiger charge is -2.10. The first-order valence-corrected chi connectivity index (χ1v) is 5.68. The van der Waals surface area contributed by atoms with Crippen LogP contribution in [-0.2, 0) is 4.74 Å². The van der Waals surface area contributed by atoms with Crippen molar-refractivity contribution in [2.75, 3.05) is 18.2 Å². The number of nitrogen functional groups attached to an aromatic ring is 1. The summed E-state index contributed by atoms with van der Waals surface area (Å²) >= 11 is 0. The molecule has 0 spiro atoms. The van der Waals surface area contributed by atoms with Gasteiger partial charge in [0, 0.05) is 17.8 Å². The summed E-state index contributed by atoms with van der Waals surface area (Å²) in [5, 5.41) is 2.51. The van der Waals surface area contributed by atoms with Gasteiger partial charge in [0.25, 0.3) is 0 Å². The van der Waals surface area contributed by atoms with E-state index in [1.165, 1.54) is 19.2 Å². The van der Waals surface area contributed by atoms with E-state index in [0.717, 1.165) is 12.1 Å². The van der Waals surface area contributed by atoms with E-state index in [1.807, 2.05) is 0 Å². The van der Waals surface area contributed by atoms with Crippen LogP contribution in [0.1, 0.15) is 10.5 Å². The molecule has 0 amide bonds. The summed E-state index contributed by atoms with van der Waals surface area (Å²) in [5.74, 6) is -5.01. The number of nitrogens with two attached hydrogens (primary N) is 1. The van der Waals surface area contributed by atoms with Crippen LogP contribution in [0.25, 0.3) is 0 Å². The standard InChI is InChI=1S/C13H10F3N3O2/c1-21-13(20)10-3-2-9(17)12(19-10)18-6-4-7(14)11(16)8(15)5-6/h2-5H,17H2,1H3,(H,18,19). The Morgan fingerprint density at radius 3 is 2.43 bits per heavy atom. The Bertz CT molecular complexity index is 684. The number of esters is 1. The van der Waals surface area contributed by atoms with Gasteiger partial charge < -0.3 is 15.8 Å². The van der Waals surface area contributed by atoms with Crippen molar-refractivity contribution >= 4 is 23.2 Å². The van der Waals surface area contributed by atoms with Crippen LogP contribution in [0.3, 0.4) is 0 Å². The van der Waals surface area contributed by atoms with E-state index < -0.39 is 23.4 Å². The van der Waals surface area contributed by atoms with E-state index in [9.17, 15) is 18.0 Å². The lowest BCUT2D eigenvalue weighted by atomic mass is 10.2. The lowest BCUT2D eigenvalue weighted by Crippen LogP contribution is -2.08. The van der Waals surface area contributed by atoms with Crippen LogP contribution in [0.5, 0.6) is 0 Å². The number of aromatic nitrogens is 1. The number of halogens is 3. The van der Waals surface area contributed by atoms with Crippen LogP contribution in [0.2, 0.25) is 0 Å². The van der Waals surface area contributed by atoms with E-state index in [-0.39, 0.29) is 22.9 Å². The fraction of sp³-hybridized carbons (Fsp3) is 0.0769. The van der Waals surface area contributed by atoms with Gasteiger partial charge in [0.2, 0.25) is 0 Å². The van der Waals surface area contributed by atoms with Crippen molar-refractivity contribution in [2.24, 2.45) is 0 Å². The zero-order chi connectivity index (χ0) is 15.6. The smallest absolute Gasteiger partial charge is 0.356 e. The average molecular weight is 297 g/mol. The molecule has 8 heteroatoms.